The second-order valence-corrected chi connectivity index (χ2v) is 6.56. The van der Waals surface area contributed by atoms with Crippen molar-refractivity contribution >= 4 is 34.8 Å². The van der Waals surface area contributed by atoms with E-state index in [1.165, 1.54) is 12.1 Å². The van der Waals surface area contributed by atoms with Crippen molar-refractivity contribution in [3.8, 4) is 0 Å². The van der Waals surface area contributed by atoms with Gasteiger partial charge in [0.15, 0.2) is 0 Å². The Bertz CT molecular complexity index is 707. The molecule has 0 bridgehead atoms. The molecule has 24 heavy (non-hydrogen) atoms. The predicted octanol–water partition coefficient (Wildman–Crippen LogP) is 3.93. The minimum atomic E-state index is -0.505. The van der Waals surface area contributed by atoms with Gasteiger partial charge in [-0.25, -0.2) is 4.39 Å². The number of halogens is 2. The predicted molar refractivity (Wildman–Crippen MR) is 93.9 cm³/mol. The lowest BCUT2D eigenvalue weighted by Gasteiger charge is -2.15. The van der Waals surface area contributed by atoms with Crippen molar-refractivity contribution in [2.24, 2.45) is 0 Å². The number of nitrogens with one attached hydrogen (secondary N) is 2. The van der Waals surface area contributed by atoms with Gasteiger partial charge in [0.2, 0.25) is 5.91 Å². The molecule has 0 radical (unpaired) electrons. The number of amides is 2. The molecule has 2 amide bonds. The molecule has 4 nitrogen and oxygen atoms in total. The third-order valence-corrected chi connectivity index (χ3v) is 4.74. The number of carbonyl (C=O) groups is 2. The molecular weight excluding hydrogens is 351 g/mol. The Balaban J connectivity index is 1.80. The van der Waals surface area contributed by atoms with Crippen molar-refractivity contribution in [1.82, 2.24) is 10.6 Å². The molecule has 2 N–H and O–H groups in total. The Labute approximate surface area is 149 Å². The van der Waals surface area contributed by atoms with Crippen molar-refractivity contribution in [2.45, 2.75) is 25.8 Å². The lowest BCUT2D eigenvalue weighted by Crippen LogP contribution is -2.32. The van der Waals surface area contributed by atoms with Crippen LogP contribution in [0.25, 0.3) is 0 Å². The SMILES string of the molecule is CCC(NC(=O)CCNC(=O)c1ccc(F)cc1Cl)c1cccs1. The number of hydrogen-bond acceptors (Lipinski definition) is 3. The summed E-state index contributed by atoms with van der Waals surface area (Å²) in [6, 6.07) is 7.48. The number of rotatable bonds is 7. The van der Waals surface area contributed by atoms with E-state index < -0.39 is 11.7 Å². The van der Waals surface area contributed by atoms with E-state index >= 15 is 0 Å². The summed E-state index contributed by atoms with van der Waals surface area (Å²) in [6.45, 7) is 2.18. The average Bonchev–Trinajstić information content (AvgIpc) is 3.06. The first kappa shape index (κ1) is 18.4. The number of hydrogen-bond donors (Lipinski definition) is 2. The second-order valence-electron chi connectivity index (χ2n) is 5.17. The van der Waals surface area contributed by atoms with E-state index in [2.05, 4.69) is 10.6 Å². The lowest BCUT2D eigenvalue weighted by molar-refractivity contribution is -0.121. The Morgan fingerprint density at radius 2 is 2.12 bits per heavy atom. The molecule has 7 heteroatoms. The standard InChI is InChI=1S/C17H18ClFN2O2S/c1-2-14(15-4-3-9-24-15)21-16(22)7-8-20-17(23)12-6-5-11(19)10-13(12)18/h3-6,9-10,14H,2,7-8H2,1H3,(H,20,23)(H,21,22). The van der Waals surface area contributed by atoms with Gasteiger partial charge < -0.3 is 10.6 Å². The van der Waals surface area contributed by atoms with Crippen LogP contribution in [0.1, 0.15) is 41.0 Å². The zero-order valence-electron chi connectivity index (χ0n) is 13.1. The molecule has 0 saturated heterocycles. The molecule has 0 aliphatic heterocycles. The molecule has 0 saturated carbocycles. The summed E-state index contributed by atoms with van der Waals surface area (Å²) in [5, 5.41) is 7.57. The molecule has 0 fully saturated rings. The Hall–Kier alpha value is -1.92. The first-order valence-electron chi connectivity index (χ1n) is 7.57. The molecule has 1 heterocycles. The Kier molecular flexibility index (Phi) is 6.75. The smallest absolute Gasteiger partial charge is 0.252 e. The molecule has 1 unspecified atom stereocenters. The number of benzene rings is 1. The van der Waals surface area contributed by atoms with E-state index in [-0.39, 0.29) is 35.5 Å². The first-order valence-corrected chi connectivity index (χ1v) is 8.83. The minimum absolute atomic E-state index is 0.0141. The van der Waals surface area contributed by atoms with Crippen LogP contribution in [0.4, 0.5) is 4.39 Å². The van der Waals surface area contributed by atoms with Gasteiger partial charge in [-0.05, 0) is 36.1 Å². The molecule has 2 aromatic rings. The summed E-state index contributed by atoms with van der Waals surface area (Å²) in [5.41, 5.74) is 0.184. The van der Waals surface area contributed by atoms with E-state index in [9.17, 15) is 14.0 Å². The normalized spacial score (nSPS) is 11.8. The van der Waals surface area contributed by atoms with Gasteiger partial charge in [0, 0.05) is 17.8 Å². The van der Waals surface area contributed by atoms with Crippen molar-refractivity contribution in [3.05, 3.63) is 57.0 Å². The molecule has 128 valence electrons. The number of carbonyl (C=O) groups excluding carboxylic acids is 2. The monoisotopic (exact) mass is 368 g/mol. The summed E-state index contributed by atoms with van der Waals surface area (Å²) in [4.78, 5) is 25.1. The maximum Gasteiger partial charge on any atom is 0.252 e. The number of thiophene rings is 1. The average molecular weight is 369 g/mol. The van der Waals surface area contributed by atoms with Crippen LogP contribution in [-0.4, -0.2) is 18.4 Å². The summed E-state index contributed by atoms with van der Waals surface area (Å²) in [7, 11) is 0. The largest absolute Gasteiger partial charge is 0.351 e. The van der Waals surface area contributed by atoms with Crippen molar-refractivity contribution in [2.75, 3.05) is 6.54 Å². The van der Waals surface area contributed by atoms with E-state index in [1.54, 1.807) is 11.3 Å². The summed E-state index contributed by atoms with van der Waals surface area (Å²) < 4.78 is 13.0. The fourth-order valence-corrected chi connectivity index (χ4v) is 3.30. The van der Waals surface area contributed by atoms with Crippen LogP contribution in [0.15, 0.2) is 35.7 Å². The lowest BCUT2D eigenvalue weighted by atomic mass is 10.2. The highest BCUT2D eigenvalue weighted by molar-refractivity contribution is 7.10. The molecule has 1 atom stereocenters. The quantitative estimate of drug-likeness (QED) is 0.778. The van der Waals surface area contributed by atoms with E-state index in [4.69, 9.17) is 11.6 Å². The van der Waals surface area contributed by atoms with Crippen LogP contribution in [-0.2, 0) is 4.79 Å². The highest BCUT2D eigenvalue weighted by Crippen LogP contribution is 2.21. The topological polar surface area (TPSA) is 58.2 Å². The van der Waals surface area contributed by atoms with Crippen molar-refractivity contribution in [3.63, 3.8) is 0 Å². The van der Waals surface area contributed by atoms with Gasteiger partial charge in [-0.1, -0.05) is 24.6 Å². The third kappa shape index (κ3) is 5.04. The van der Waals surface area contributed by atoms with Gasteiger partial charge in [-0.2, -0.15) is 0 Å². The van der Waals surface area contributed by atoms with Crippen LogP contribution in [0.2, 0.25) is 5.02 Å². The van der Waals surface area contributed by atoms with Gasteiger partial charge in [-0.3, -0.25) is 9.59 Å². The zero-order valence-corrected chi connectivity index (χ0v) is 14.7. The van der Waals surface area contributed by atoms with Crippen molar-refractivity contribution in [1.29, 1.82) is 0 Å². The van der Waals surface area contributed by atoms with Gasteiger partial charge in [0.1, 0.15) is 5.82 Å². The zero-order chi connectivity index (χ0) is 17.5. The highest BCUT2D eigenvalue weighted by Gasteiger charge is 2.14. The van der Waals surface area contributed by atoms with Crippen LogP contribution >= 0.6 is 22.9 Å². The van der Waals surface area contributed by atoms with Gasteiger partial charge in [0.25, 0.3) is 5.91 Å². The summed E-state index contributed by atoms with van der Waals surface area (Å²) in [5.74, 6) is -1.08. The summed E-state index contributed by atoms with van der Waals surface area (Å²) in [6.07, 6.45) is 0.955. The molecule has 1 aromatic carbocycles. The van der Waals surface area contributed by atoms with Crippen molar-refractivity contribution < 1.29 is 14.0 Å². The van der Waals surface area contributed by atoms with Crippen LogP contribution < -0.4 is 10.6 Å². The fourth-order valence-electron chi connectivity index (χ4n) is 2.19. The molecular formula is C17H18ClFN2O2S. The van der Waals surface area contributed by atoms with E-state index in [0.29, 0.717) is 0 Å². The third-order valence-electron chi connectivity index (χ3n) is 3.44. The molecule has 1 aromatic heterocycles. The minimum Gasteiger partial charge on any atom is -0.351 e. The summed E-state index contributed by atoms with van der Waals surface area (Å²) >= 11 is 7.43. The maximum absolute atomic E-state index is 13.0. The van der Waals surface area contributed by atoms with Gasteiger partial charge in [0.05, 0.1) is 16.6 Å². The first-order chi connectivity index (χ1) is 11.5. The molecule has 2 rings (SSSR count). The molecule has 0 aliphatic carbocycles. The maximum atomic E-state index is 13.0. The van der Waals surface area contributed by atoms with Crippen LogP contribution in [0.5, 0.6) is 0 Å². The molecule has 0 spiro atoms. The van der Waals surface area contributed by atoms with Gasteiger partial charge in [-0.15, -0.1) is 11.3 Å². The van der Waals surface area contributed by atoms with Gasteiger partial charge >= 0.3 is 0 Å². The van der Waals surface area contributed by atoms with E-state index in [1.807, 2.05) is 24.4 Å². The Morgan fingerprint density at radius 3 is 2.75 bits per heavy atom. The second kappa shape index (κ2) is 8.80. The fraction of sp³-hybridized carbons (Fsp3) is 0.294. The Morgan fingerprint density at radius 1 is 1.33 bits per heavy atom. The highest BCUT2D eigenvalue weighted by atomic mass is 35.5. The molecule has 0 aliphatic rings. The van der Waals surface area contributed by atoms with E-state index in [0.717, 1.165) is 17.4 Å². The van der Waals surface area contributed by atoms with Crippen LogP contribution in [0.3, 0.4) is 0 Å². The van der Waals surface area contributed by atoms with Crippen LogP contribution in [0, 0.1) is 5.82 Å².